The van der Waals surface area contributed by atoms with Crippen molar-refractivity contribution >= 4 is 5.69 Å². The molecular weight excluding hydrogens is 224 g/mol. The summed E-state index contributed by atoms with van der Waals surface area (Å²) in [6.07, 6.45) is 0. The number of nitrogens with two attached hydrogens (primary N) is 1. The molecule has 0 aliphatic rings. The minimum Gasteiger partial charge on any atom is -0.454 e. The minimum absolute atomic E-state index is 0.0519. The van der Waals surface area contributed by atoms with E-state index in [1.54, 1.807) is 25.1 Å². The highest BCUT2D eigenvalue weighted by Crippen LogP contribution is 2.28. The lowest BCUT2D eigenvalue weighted by Gasteiger charge is -2.09. The van der Waals surface area contributed by atoms with Crippen LogP contribution >= 0.6 is 0 Å². The van der Waals surface area contributed by atoms with E-state index in [1.807, 2.05) is 0 Å². The predicted octanol–water partition coefficient (Wildman–Crippen LogP) is 3.65. The quantitative estimate of drug-likeness (QED) is 0.806. The Labute approximate surface area is 97.6 Å². The van der Waals surface area contributed by atoms with Gasteiger partial charge in [0.2, 0.25) is 0 Å². The van der Waals surface area contributed by atoms with E-state index >= 15 is 0 Å². The normalized spacial score (nSPS) is 10.3. The average Bonchev–Trinajstić information content (AvgIpc) is 2.29. The van der Waals surface area contributed by atoms with Gasteiger partial charge in [0.1, 0.15) is 11.6 Å². The van der Waals surface area contributed by atoms with Crippen LogP contribution < -0.4 is 10.5 Å². The molecule has 0 saturated carbocycles. The maximum Gasteiger partial charge on any atom is 0.165 e. The summed E-state index contributed by atoms with van der Waals surface area (Å²) in [6, 6.07) is 8.63. The Hall–Kier alpha value is -2.10. The molecule has 0 atom stereocenters. The molecule has 4 heteroatoms. The SMILES string of the molecule is Cc1cc(Oc2ccccc2F)cc(F)c1N. The third-order valence-electron chi connectivity index (χ3n) is 2.37. The van der Waals surface area contributed by atoms with E-state index in [0.29, 0.717) is 5.56 Å². The largest absolute Gasteiger partial charge is 0.454 e. The summed E-state index contributed by atoms with van der Waals surface area (Å²) in [5, 5.41) is 0. The van der Waals surface area contributed by atoms with Crippen LogP contribution in [0.4, 0.5) is 14.5 Å². The average molecular weight is 235 g/mol. The Balaban J connectivity index is 2.34. The number of anilines is 1. The predicted molar refractivity (Wildman–Crippen MR) is 62.0 cm³/mol. The number of para-hydroxylation sites is 1. The monoisotopic (exact) mass is 235 g/mol. The van der Waals surface area contributed by atoms with Crippen molar-refractivity contribution in [1.29, 1.82) is 0 Å². The second-order valence-corrected chi connectivity index (χ2v) is 3.67. The van der Waals surface area contributed by atoms with Gasteiger partial charge in [0, 0.05) is 6.07 Å². The number of aryl methyl sites for hydroxylation is 1. The molecule has 17 heavy (non-hydrogen) atoms. The van der Waals surface area contributed by atoms with Crippen LogP contribution in [0.15, 0.2) is 36.4 Å². The standard InChI is InChI=1S/C13H11F2NO/c1-8-6-9(7-11(15)13(8)16)17-12-5-3-2-4-10(12)14/h2-7H,16H2,1H3. The Bertz CT molecular complexity index is 532. The first-order valence-corrected chi connectivity index (χ1v) is 5.06. The van der Waals surface area contributed by atoms with E-state index in [4.69, 9.17) is 10.5 Å². The van der Waals surface area contributed by atoms with Crippen molar-refractivity contribution in [3.63, 3.8) is 0 Å². The summed E-state index contributed by atoms with van der Waals surface area (Å²) < 4.78 is 31.9. The summed E-state index contributed by atoms with van der Waals surface area (Å²) in [7, 11) is 0. The Morgan fingerprint density at radius 2 is 1.76 bits per heavy atom. The van der Waals surface area contributed by atoms with E-state index < -0.39 is 11.6 Å². The molecule has 2 rings (SSSR count). The van der Waals surface area contributed by atoms with Gasteiger partial charge in [-0.2, -0.15) is 0 Å². The third-order valence-corrected chi connectivity index (χ3v) is 2.37. The molecule has 2 aromatic rings. The first-order chi connectivity index (χ1) is 8.08. The zero-order valence-corrected chi connectivity index (χ0v) is 9.21. The summed E-state index contributed by atoms with van der Waals surface area (Å²) in [6.45, 7) is 1.66. The number of hydrogen-bond acceptors (Lipinski definition) is 2. The zero-order valence-electron chi connectivity index (χ0n) is 9.21. The second kappa shape index (κ2) is 4.41. The number of rotatable bonds is 2. The zero-order chi connectivity index (χ0) is 12.4. The molecule has 88 valence electrons. The molecule has 0 fully saturated rings. The molecule has 0 aliphatic heterocycles. The lowest BCUT2D eigenvalue weighted by atomic mass is 10.2. The van der Waals surface area contributed by atoms with Crippen LogP contribution in [-0.2, 0) is 0 Å². The first kappa shape index (κ1) is 11.4. The maximum atomic E-state index is 13.3. The Morgan fingerprint density at radius 3 is 2.41 bits per heavy atom. The first-order valence-electron chi connectivity index (χ1n) is 5.06. The molecule has 0 radical (unpaired) electrons. The summed E-state index contributed by atoms with van der Waals surface area (Å²) in [5.74, 6) is -0.797. The second-order valence-electron chi connectivity index (χ2n) is 3.67. The van der Waals surface area contributed by atoms with Crippen LogP contribution in [0.3, 0.4) is 0 Å². The van der Waals surface area contributed by atoms with Crippen LogP contribution in [0.1, 0.15) is 5.56 Å². The topological polar surface area (TPSA) is 35.2 Å². The smallest absolute Gasteiger partial charge is 0.165 e. The van der Waals surface area contributed by atoms with Gasteiger partial charge in [-0.25, -0.2) is 8.78 Å². The van der Waals surface area contributed by atoms with Gasteiger partial charge in [-0.05, 0) is 30.7 Å². The Kier molecular flexibility index (Phi) is 2.95. The fourth-order valence-corrected chi connectivity index (χ4v) is 1.44. The fourth-order valence-electron chi connectivity index (χ4n) is 1.44. The molecule has 2 nitrogen and oxygen atoms in total. The van der Waals surface area contributed by atoms with Crippen LogP contribution in [0.25, 0.3) is 0 Å². The molecule has 2 aromatic carbocycles. The van der Waals surface area contributed by atoms with Gasteiger partial charge < -0.3 is 10.5 Å². The van der Waals surface area contributed by atoms with Gasteiger partial charge in [-0.1, -0.05) is 12.1 Å². The van der Waals surface area contributed by atoms with Crippen molar-refractivity contribution in [3.8, 4) is 11.5 Å². The lowest BCUT2D eigenvalue weighted by molar-refractivity contribution is 0.438. The van der Waals surface area contributed by atoms with Crippen molar-refractivity contribution in [2.24, 2.45) is 0 Å². The van der Waals surface area contributed by atoms with Gasteiger partial charge in [0.05, 0.1) is 5.69 Å². The van der Waals surface area contributed by atoms with E-state index in [2.05, 4.69) is 0 Å². The molecule has 0 amide bonds. The molecular formula is C13H11F2NO. The van der Waals surface area contributed by atoms with E-state index in [1.165, 1.54) is 12.1 Å². The van der Waals surface area contributed by atoms with Crippen molar-refractivity contribution in [2.75, 3.05) is 5.73 Å². The van der Waals surface area contributed by atoms with E-state index in [-0.39, 0.29) is 17.2 Å². The third kappa shape index (κ3) is 2.36. The van der Waals surface area contributed by atoms with Crippen LogP contribution in [0, 0.1) is 18.6 Å². The van der Waals surface area contributed by atoms with E-state index in [9.17, 15) is 8.78 Å². The molecule has 0 bridgehead atoms. The number of halogens is 2. The molecule has 2 N–H and O–H groups in total. The molecule has 0 aromatic heterocycles. The molecule has 0 spiro atoms. The molecule has 0 unspecified atom stereocenters. The van der Waals surface area contributed by atoms with Gasteiger partial charge in [0.25, 0.3) is 0 Å². The highest BCUT2D eigenvalue weighted by molar-refractivity contribution is 5.51. The van der Waals surface area contributed by atoms with Crippen LogP contribution in [-0.4, -0.2) is 0 Å². The van der Waals surface area contributed by atoms with Crippen molar-refractivity contribution in [3.05, 3.63) is 53.6 Å². The van der Waals surface area contributed by atoms with Crippen molar-refractivity contribution < 1.29 is 13.5 Å². The number of hydrogen-bond donors (Lipinski definition) is 1. The lowest BCUT2D eigenvalue weighted by Crippen LogP contribution is -1.96. The van der Waals surface area contributed by atoms with Crippen LogP contribution in [0.5, 0.6) is 11.5 Å². The number of ether oxygens (including phenoxy) is 1. The molecule has 0 heterocycles. The van der Waals surface area contributed by atoms with Gasteiger partial charge in [0.15, 0.2) is 11.6 Å². The highest BCUT2D eigenvalue weighted by Gasteiger charge is 2.08. The maximum absolute atomic E-state index is 13.3. The Morgan fingerprint density at radius 1 is 1.06 bits per heavy atom. The fraction of sp³-hybridized carbons (Fsp3) is 0.0769. The molecule has 0 saturated heterocycles. The summed E-state index contributed by atoms with van der Waals surface area (Å²) in [4.78, 5) is 0. The van der Waals surface area contributed by atoms with Crippen molar-refractivity contribution in [1.82, 2.24) is 0 Å². The number of benzene rings is 2. The van der Waals surface area contributed by atoms with E-state index in [0.717, 1.165) is 6.07 Å². The van der Waals surface area contributed by atoms with Crippen LogP contribution in [0.2, 0.25) is 0 Å². The minimum atomic E-state index is -0.573. The van der Waals surface area contributed by atoms with Gasteiger partial charge >= 0.3 is 0 Å². The van der Waals surface area contributed by atoms with Crippen molar-refractivity contribution in [2.45, 2.75) is 6.92 Å². The summed E-state index contributed by atoms with van der Waals surface area (Å²) >= 11 is 0. The highest BCUT2D eigenvalue weighted by atomic mass is 19.1. The van der Waals surface area contributed by atoms with Gasteiger partial charge in [-0.3, -0.25) is 0 Å². The number of nitrogen functional groups attached to an aromatic ring is 1. The van der Waals surface area contributed by atoms with Gasteiger partial charge in [-0.15, -0.1) is 0 Å². The summed E-state index contributed by atoms with van der Waals surface area (Å²) in [5.41, 5.74) is 6.10. The molecule has 0 aliphatic carbocycles.